The SMILES string of the molecule is O=C(CCNCc1ccc(F)cc1F)N1CCCCC1. The Morgan fingerprint density at radius 3 is 2.65 bits per heavy atom. The largest absolute Gasteiger partial charge is 0.343 e. The Kier molecular flexibility index (Phi) is 5.47. The molecule has 1 fully saturated rings. The van der Waals surface area contributed by atoms with Crippen molar-refractivity contribution < 1.29 is 13.6 Å². The first kappa shape index (κ1) is 14.9. The number of halogens is 2. The van der Waals surface area contributed by atoms with Gasteiger partial charge in [-0.15, -0.1) is 0 Å². The number of piperidine rings is 1. The molecule has 0 spiro atoms. The van der Waals surface area contributed by atoms with Gasteiger partial charge in [0.15, 0.2) is 0 Å². The van der Waals surface area contributed by atoms with Gasteiger partial charge in [-0.25, -0.2) is 8.78 Å². The van der Waals surface area contributed by atoms with E-state index in [1.165, 1.54) is 18.6 Å². The van der Waals surface area contributed by atoms with Gasteiger partial charge in [-0.2, -0.15) is 0 Å². The van der Waals surface area contributed by atoms with Crippen molar-refractivity contribution in [1.82, 2.24) is 10.2 Å². The lowest BCUT2D eigenvalue weighted by Gasteiger charge is -2.26. The Morgan fingerprint density at radius 2 is 1.95 bits per heavy atom. The quantitative estimate of drug-likeness (QED) is 0.841. The van der Waals surface area contributed by atoms with Gasteiger partial charge in [-0.1, -0.05) is 6.07 Å². The van der Waals surface area contributed by atoms with E-state index in [1.54, 1.807) is 0 Å². The Morgan fingerprint density at radius 1 is 1.20 bits per heavy atom. The fraction of sp³-hybridized carbons (Fsp3) is 0.533. The highest BCUT2D eigenvalue weighted by Gasteiger charge is 2.15. The molecule has 0 radical (unpaired) electrons. The molecule has 1 aromatic carbocycles. The highest BCUT2D eigenvalue weighted by molar-refractivity contribution is 5.76. The highest BCUT2D eigenvalue weighted by Crippen LogP contribution is 2.10. The average molecular weight is 282 g/mol. The number of carbonyl (C=O) groups is 1. The maximum Gasteiger partial charge on any atom is 0.223 e. The van der Waals surface area contributed by atoms with E-state index in [0.29, 0.717) is 25.1 Å². The second-order valence-electron chi connectivity index (χ2n) is 5.10. The molecule has 1 N–H and O–H groups in total. The highest BCUT2D eigenvalue weighted by atomic mass is 19.1. The smallest absolute Gasteiger partial charge is 0.223 e. The average Bonchev–Trinajstić information content (AvgIpc) is 2.46. The van der Waals surface area contributed by atoms with Crippen LogP contribution in [0.2, 0.25) is 0 Å². The van der Waals surface area contributed by atoms with Crippen LogP contribution in [0, 0.1) is 11.6 Å². The zero-order chi connectivity index (χ0) is 14.4. The number of nitrogens with one attached hydrogen (secondary N) is 1. The molecule has 1 heterocycles. The Labute approximate surface area is 118 Å². The first-order chi connectivity index (χ1) is 9.66. The minimum absolute atomic E-state index is 0.150. The van der Waals surface area contributed by atoms with Crippen LogP contribution in [-0.4, -0.2) is 30.4 Å². The molecule has 0 saturated carbocycles. The molecule has 1 aliphatic rings. The number of hydrogen-bond donors (Lipinski definition) is 1. The fourth-order valence-electron chi connectivity index (χ4n) is 2.38. The van der Waals surface area contributed by atoms with E-state index in [0.717, 1.165) is 32.0 Å². The molecule has 3 nitrogen and oxygen atoms in total. The number of amides is 1. The molecular weight excluding hydrogens is 262 g/mol. The van der Waals surface area contributed by atoms with Crippen molar-refractivity contribution in [3.05, 3.63) is 35.4 Å². The monoisotopic (exact) mass is 282 g/mol. The van der Waals surface area contributed by atoms with Gasteiger partial charge in [0.05, 0.1) is 0 Å². The van der Waals surface area contributed by atoms with Crippen molar-refractivity contribution in [2.75, 3.05) is 19.6 Å². The Hall–Kier alpha value is -1.49. The number of carbonyl (C=O) groups excluding carboxylic acids is 1. The van der Waals surface area contributed by atoms with E-state index < -0.39 is 11.6 Å². The van der Waals surface area contributed by atoms with Crippen LogP contribution < -0.4 is 5.32 Å². The van der Waals surface area contributed by atoms with Gasteiger partial charge in [0.25, 0.3) is 0 Å². The summed E-state index contributed by atoms with van der Waals surface area (Å²) in [5, 5.41) is 3.02. The first-order valence-corrected chi connectivity index (χ1v) is 7.09. The molecule has 2 rings (SSSR count). The van der Waals surface area contributed by atoms with Crippen LogP contribution in [0.4, 0.5) is 8.78 Å². The molecule has 1 amide bonds. The molecule has 5 heteroatoms. The second-order valence-corrected chi connectivity index (χ2v) is 5.10. The Balaban J connectivity index is 1.69. The summed E-state index contributed by atoms with van der Waals surface area (Å²) in [6, 6.07) is 3.53. The van der Waals surface area contributed by atoms with Crippen LogP contribution in [0.5, 0.6) is 0 Å². The maximum absolute atomic E-state index is 13.4. The maximum atomic E-state index is 13.4. The van der Waals surface area contributed by atoms with Crippen molar-refractivity contribution in [2.45, 2.75) is 32.2 Å². The molecular formula is C15H20F2N2O. The third kappa shape index (κ3) is 4.27. The van der Waals surface area contributed by atoms with E-state index in [4.69, 9.17) is 0 Å². The van der Waals surface area contributed by atoms with Crippen molar-refractivity contribution in [1.29, 1.82) is 0 Å². The number of likely N-dealkylation sites (tertiary alicyclic amines) is 1. The zero-order valence-corrected chi connectivity index (χ0v) is 11.5. The lowest BCUT2D eigenvalue weighted by atomic mass is 10.1. The van der Waals surface area contributed by atoms with E-state index in [9.17, 15) is 13.6 Å². The summed E-state index contributed by atoms with van der Waals surface area (Å²) in [7, 11) is 0. The van der Waals surface area contributed by atoms with Crippen LogP contribution in [0.15, 0.2) is 18.2 Å². The second kappa shape index (κ2) is 7.33. The predicted molar refractivity (Wildman–Crippen MR) is 73.1 cm³/mol. The Bertz CT molecular complexity index is 459. The number of rotatable bonds is 5. The topological polar surface area (TPSA) is 32.3 Å². The van der Waals surface area contributed by atoms with Crippen LogP contribution >= 0.6 is 0 Å². The van der Waals surface area contributed by atoms with Crippen molar-refractivity contribution >= 4 is 5.91 Å². The molecule has 0 atom stereocenters. The molecule has 1 aromatic rings. The predicted octanol–water partition coefficient (Wildman–Crippen LogP) is 2.46. The summed E-state index contributed by atoms with van der Waals surface area (Å²) in [6.45, 7) is 2.52. The normalized spacial score (nSPS) is 15.4. The zero-order valence-electron chi connectivity index (χ0n) is 11.5. The summed E-state index contributed by atoms with van der Waals surface area (Å²) in [5.41, 5.74) is 0.414. The molecule has 110 valence electrons. The van der Waals surface area contributed by atoms with E-state index in [-0.39, 0.29) is 5.91 Å². The summed E-state index contributed by atoms with van der Waals surface area (Å²) in [4.78, 5) is 13.8. The first-order valence-electron chi connectivity index (χ1n) is 7.09. The standard InChI is InChI=1S/C15H20F2N2O/c16-13-5-4-12(14(17)10-13)11-18-7-6-15(20)19-8-2-1-3-9-19/h4-5,10,18H,1-3,6-9,11H2. The van der Waals surface area contributed by atoms with E-state index in [2.05, 4.69) is 5.32 Å². The molecule has 0 aliphatic carbocycles. The summed E-state index contributed by atoms with van der Waals surface area (Å²) in [5.74, 6) is -0.983. The van der Waals surface area contributed by atoms with Gasteiger partial charge >= 0.3 is 0 Å². The van der Waals surface area contributed by atoms with E-state index >= 15 is 0 Å². The van der Waals surface area contributed by atoms with Crippen molar-refractivity contribution in [3.63, 3.8) is 0 Å². The van der Waals surface area contributed by atoms with Gasteiger partial charge in [0.1, 0.15) is 11.6 Å². The minimum Gasteiger partial charge on any atom is -0.343 e. The molecule has 0 unspecified atom stereocenters. The van der Waals surface area contributed by atoms with Crippen molar-refractivity contribution in [3.8, 4) is 0 Å². The van der Waals surface area contributed by atoms with E-state index in [1.807, 2.05) is 4.90 Å². The number of benzene rings is 1. The molecule has 1 aliphatic heterocycles. The lowest BCUT2D eigenvalue weighted by molar-refractivity contribution is -0.131. The molecule has 1 saturated heterocycles. The summed E-state index contributed by atoms with van der Waals surface area (Å²) < 4.78 is 26.1. The molecule has 0 aromatic heterocycles. The van der Waals surface area contributed by atoms with Crippen LogP contribution in [-0.2, 0) is 11.3 Å². The fourth-order valence-corrected chi connectivity index (χ4v) is 2.38. The minimum atomic E-state index is -0.577. The van der Waals surface area contributed by atoms with Gasteiger partial charge in [-0.05, 0) is 25.3 Å². The summed E-state index contributed by atoms with van der Waals surface area (Å²) >= 11 is 0. The number of hydrogen-bond acceptors (Lipinski definition) is 2. The summed E-state index contributed by atoms with van der Waals surface area (Å²) in [6.07, 6.45) is 3.79. The lowest BCUT2D eigenvalue weighted by Crippen LogP contribution is -2.37. The third-order valence-corrected chi connectivity index (χ3v) is 3.55. The number of nitrogens with zero attached hydrogens (tertiary/aromatic N) is 1. The van der Waals surface area contributed by atoms with Gasteiger partial charge in [-0.3, -0.25) is 4.79 Å². The third-order valence-electron chi connectivity index (χ3n) is 3.55. The van der Waals surface area contributed by atoms with Gasteiger partial charge < -0.3 is 10.2 Å². The van der Waals surface area contributed by atoms with Gasteiger partial charge in [0, 0.05) is 44.2 Å². The van der Waals surface area contributed by atoms with Crippen LogP contribution in [0.1, 0.15) is 31.2 Å². The molecule has 0 bridgehead atoms. The van der Waals surface area contributed by atoms with Crippen LogP contribution in [0.25, 0.3) is 0 Å². The van der Waals surface area contributed by atoms with Crippen molar-refractivity contribution in [2.24, 2.45) is 0 Å². The van der Waals surface area contributed by atoms with Gasteiger partial charge in [0.2, 0.25) is 5.91 Å². The van der Waals surface area contributed by atoms with Crippen LogP contribution in [0.3, 0.4) is 0 Å². The molecule has 20 heavy (non-hydrogen) atoms.